The van der Waals surface area contributed by atoms with Gasteiger partial charge >= 0.3 is 11.9 Å². The van der Waals surface area contributed by atoms with Crippen molar-refractivity contribution in [2.45, 2.75) is 20.8 Å². The van der Waals surface area contributed by atoms with Gasteiger partial charge < -0.3 is 9.84 Å². The maximum absolute atomic E-state index is 11.1. The zero-order valence-corrected chi connectivity index (χ0v) is 8.03. The van der Waals surface area contributed by atoms with E-state index in [0.717, 1.165) is 0 Å². The zero-order valence-electron chi connectivity index (χ0n) is 8.03. The number of carboxylic acid groups (broad SMARTS) is 1. The van der Waals surface area contributed by atoms with Crippen molar-refractivity contribution in [3.8, 4) is 0 Å². The standard InChI is InChI=1S/C9H14O4/c1-4-6(3)7(8(10)11)9(12)13-5-2/h4,7H,5H2,1-3H3,(H,10,11)/b6-4-. The Morgan fingerprint density at radius 1 is 1.54 bits per heavy atom. The van der Waals surface area contributed by atoms with Crippen LogP contribution in [0.3, 0.4) is 0 Å². The summed E-state index contributed by atoms with van der Waals surface area (Å²) in [6.07, 6.45) is 1.59. The fourth-order valence-electron chi connectivity index (χ4n) is 0.874. The number of hydrogen-bond donors (Lipinski definition) is 1. The van der Waals surface area contributed by atoms with Crippen molar-refractivity contribution in [3.05, 3.63) is 11.6 Å². The highest BCUT2D eigenvalue weighted by Crippen LogP contribution is 2.12. The zero-order chi connectivity index (χ0) is 10.4. The number of rotatable bonds is 4. The number of carbonyl (C=O) groups is 2. The highest BCUT2D eigenvalue weighted by Gasteiger charge is 2.28. The predicted molar refractivity (Wildman–Crippen MR) is 47.2 cm³/mol. The topological polar surface area (TPSA) is 63.6 Å². The lowest BCUT2D eigenvalue weighted by Crippen LogP contribution is -2.26. The summed E-state index contributed by atoms with van der Waals surface area (Å²) >= 11 is 0. The first-order valence-corrected chi connectivity index (χ1v) is 4.06. The van der Waals surface area contributed by atoms with Crippen molar-refractivity contribution in [2.75, 3.05) is 6.61 Å². The molecule has 0 amide bonds. The van der Waals surface area contributed by atoms with E-state index in [0.29, 0.717) is 5.57 Å². The maximum atomic E-state index is 11.1. The fraction of sp³-hybridized carbons (Fsp3) is 0.556. The van der Waals surface area contributed by atoms with Crippen LogP contribution in [0.15, 0.2) is 11.6 Å². The van der Waals surface area contributed by atoms with Crippen LogP contribution in [0.1, 0.15) is 20.8 Å². The van der Waals surface area contributed by atoms with Gasteiger partial charge in [0.05, 0.1) is 6.61 Å². The summed E-state index contributed by atoms with van der Waals surface area (Å²) in [4.78, 5) is 21.8. The summed E-state index contributed by atoms with van der Waals surface area (Å²) in [7, 11) is 0. The number of carbonyl (C=O) groups excluding carboxylic acids is 1. The molecular weight excluding hydrogens is 172 g/mol. The minimum atomic E-state index is -1.17. The first-order valence-electron chi connectivity index (χ1n) is 4.06. The van der Waals surface area contributed by atoms with Gasteiger partial charge in [-0.1, -0.05) is 11.6 Å². The molecule has 74 valence electrons. The van der Waals surface area contributed by atoms with Gasteiger partial charge in [-0.3, -0.25) is 9.59 Å². The molecule has 1 atom stereocenters. The quantitative estimate of drug-likeness (QED) is 0.407. The normalized spacial score (nSPS) is 13.6. The first-order chi connectivity index (χ1) is 6.04. The second-order valence-corrected chi connectivity index (χ2v) is 2.56. The molecule has 0 radical (unpaired) electrons. The Morgan fingerprint density at radius 3 is 2.38 bits per heavy atom. The van der Waals surface area contributed by atoms with Gasteiger partial charge in [0.25, 0.3) is 0 Å². The lowest BCUT2D eigenvalue weighted by molar-refractivity contribution is -0.156. The molecule has 0 rings (SSSR count). The molecule has 0 aliphatic carbocycles. The number of carboxylic acids is 1. The summed E-state index contributed by atoms with van der Waals surface area (Å²) in [6, 6.07) is 0. The third-order valence-corrected chi connectivity index (χ3v) is 1.68. The Hall–Kier alpha value is -1.32. The minimum Gasteiger partial charge on any atom is -0.480 e. The molecular formula is C9H14O4. The minimum absolute atomic E-state index is 0.194. The predicted octanol–water partition coefficient (Wildman–Crippen LogP) is 1.22. The average molecular weight is 186 g/mol. The fourth-order valence-corrected chi connectivity index (χ4v) is 0.874. The van der Waals surface area contributed by atoms with Crippen LogP contribution in [0.2, 0.25) is 0 Å². The monoisotopic (exact) mass is 186 g/mol. The van der Waals surface area contributed by atoms with Crippen molar-refractivity contribution in [1.29, 1.82) is 0 Å². The van der Waals surface area contributed by atoms with E-state index in [9.17, 15) is 9.59 Å². The smallest absolute Gasteiger partial charge is 0.324 e. The van der Waals surface area contributed by atoms with E-state index >= 15 is 0 Å². The third-order valence-electron chi connectivity index (χ3n) is 1.68. The number of ether oxygens (including phenoxy) is 1. The molecule has 0 saturated heterocycles. The van der Waals surface area contributed by atoms with Gasteiger partial charge in [0.2, 0.25) is 0 Å². The van der Waals surface area contributed by atoms with E-state index in [4.69, 9.17) is 5.11 Å². The van der Waals surface area contributed by atoms with E-state index < -0.39 is 17.9 Å². The molecule has 4 nitrogen and oxygen atoms in total. The van der Waals surface area contributed by atoms with Crippen LogP contribution in [0, 0.1) is 5.92 Å². The summed E-state index contributed by atoms with van der Waals surface area (Å²) in [6.45, 7) is 5.11. The Bertz CT molecular complexity index is 230. The Labute approximate surface area is 77.2 Å². The Morgan fingerprint density at radius 2 is 2.08 bits per heavy atom. The average Bonchev–Trinajstić information content (AvgIpc) is 2.04. The van der Waals surface area contributed by atoms with Gasteiger partial charge in [-0.15, -0.1) is 0 Å². The van der Waals surface area contributed by atoms with Gasteiger partial charge in [-0.05, 0) is 20.8 Å². The molecule has 0 aromatic carbocycles. The van der Waals surface area contributed by atoms with Crippen LogP contribution in [-0.4, -0.2) is 23.7 Å². The molecule has 13 heavy (non-hydrogen) atoms. The largest absolute Gasteiger partial charge is 0.480 e. The van der Waals surface area contributed by atoms with E-state index in [1.54, 1.807) is 26.8 Å². The number of aliphatic carboxylic acids is 1. The van der Waals surface area contributed by atoms with Gasteiger partial charge in [0.1, 0.15) is 0 Å². The van der Waals surface area contributed by atoms with Gasteiger partial charge in [-0.2, -0.15) is 0 Å². The van der Waals surface area contributed by atoms with Crippen molar-refractivity contribution >= 4 is 11.9 Å². The molecule has 0 aliphatic heterocycles. The molecule has 0 fully saturated rings. The number of allylic oxidation sites excluding steroid dienone is 1. The summed E-state index contributed by atoms with van der Waals surface area (Å²) in [5.41, 5.74) is 0.492. The van der Waals surface area contributed by atoms with Crippen LogP contribution in [-0.2, 0) is 14.3 Å². The van der Waals surface area contributed by atoms with E-state index in [2.05, 4.69) is 4.74 Å². The van der Waals surface area contributed by atoms with Gasteiger partial charge in [-0.25, -0.2) is 0 Å². The molecule has 0 aromatic rings. The molecule has 0 aliphatic rings. The van der Waals surface area contributed by atoms with Crippen molar-refractivity contribution in [2.24, 2.45) is 5.92 Å². The Kier molecular flexibility index (Phi) is 4.80. The number of hydrogen-bond acceptors (Lipinski definition) is 3. The van der Waals surface area contributed by atoms with Crippen LogP contribution in [0.5, 0.6) is 0 Å². The molecule has 0 bridgehead atoms. The molecule has 0 aromatic heterocycles. The number of esters is 1. The van der Waals surface area contributed by atoms with Gasteiger partial charge in [0, 0.05) is 0 Å². The van der Waals surface area contributed by atoms with Crippen LogP contribution < -0.4 is 0 Å². The van der Waals surface area contributed by atoms with Crippen LogP contribution in [0.25, 0.3) is 0 Å². The van der Waals surface area contributed by atoms with Crippen molar-refractivity contribution in [3.63, 3.8) is 0 Å². The lowest BCUT2D eigenvalue weighted by Gasteiger charge is -2.10. The van der Waals surface area contributed by atoms with Crippen molar-refractivity contribution < 1.29 is 19.4 Å². The third kappa shape index (κ3) is 3.27. The summed E-state index contributed by atoms with van der Waals surface area (Å²) < 4.78 is 4.63. The highest BCUT2D eigenvalue weighted by atomic mass is 16.5. The van der Waals surface area contributed by atoms with Crippen molar-refractivity contribution in [1.82, 2.24) is 0 Å². The molecule has 0 saturated carbocycles. The highest BCUT2D eigenvalue weighted by molar-refractivity contribution is 5.97. The van der Waals surface area contributed by atoms with E-state index in [1.165, 1.54) is 0 Å². The summed E-state index contributed by atoms with van der Waals surface area (Å²) in [5.74, 6) is -3.04. The van der Waals surface area contributed by atoms with Crippen LogP contribution in [0.4, 0.5) is 0 Å². The van der Waals surface area contributed by atoms with Gasteiger partial charge in [0.15, 0.2) is 5.92 Å². The molecule has 1 unspecified atom stereocenters. The SMILES string of the molecule is C/C=C(/C)C(C(=O)O)C(=O)OCC. The maximum Gasteiger partial charge on any atom is 0.324 e. The van der Waals surface area contributed by atoms with Crippen LogP contribution >= 0.6 is 0 Å². The summed E-state index contributed by atoms with van der Waals surface area (Å²) in [5, 5.41) is 8.73. The Balaban J connectivity index is 4.62. The molecule has 0 spiro atoms. The lowest BCUT2D eigenvalue weighted by atomic mass is 10.0. The second-order valence-electron chi connectivity index (χ2n) is 2.56. The molecule has 1 N–H and O–H groups in total. The molecule has 4 heteroatoms. The first kappa shape index (κ1) is 11.7. The molecule has 0 heterocycles. The second kappa shape index (κ2) is 5.35. The van der Waals surface area contributed by atoms with E-state index in [-0.39, 0.29) is 6.61 Å². The van der Waals surface area contributed by atoms with E-state index in [1.807, 2.05) is 0 Å².